The van der Waals surface area contributed by atoms with Gasteiger partial charge < -0.3 is 22.1 Å². The number of aromatic nitrogens is 11. The van der Waals surface area contributed by atoms with Crippen molar-refractivity contribution in [3.8, 4) is 58.0 Å². The minimum atomic E-state index is -0.522. The lowest BCUT2D eigenvalue weighted by Crippen LogP contribution is -2.12. The highest BCUT2D eigenvalue weighted by Crippen LogP contribution is 2.38. The fourth-order valence-electron chi connectivity index (χ4n) is 9.48. The molecule has 0 aliphatic heterocycles. The van der Waals surface area contributed by atoms with E-state index in [0.717, 1.165) is 45.3 Å². The van der Waals surface area contributed by atoms with Crippen molar-refractivity contribution < 1.29 is 60.4 Å². The van der Waals surface area contributed by atoms with Crippen LogP contribution in [0.3, 0.4) is 0 Å². The Morgan fingerprint density at radius 3 is 1.07 bits per heavy atom. The van der Waals surface area contributed by atoms with Crippen molar-refractivity contribution in [1.29, 1.82) is 10.5 Å². The zero-order chi connectivity index (χ0) is 76.3. The summed E-state index contributed by atoms with van der Waals surface area (Å²) in [5.41, 5.74) is 3.61. The van der Waals surface area contributed by atoms with Crippen molar-refractivity contribution in [3.63, 3.8) is 0 Å². The van der Waals surface area contributed by atoms with Gasteiger partial charge in [-0.3, -0.25) is 79.6 Å². The lowest BCUT2D eigenvalue weighted by atomic mass is 10.1. The van der Waals surface area contributed by atoms with Crippen LogP contribution in [0.25, 0.3) is 45.8 Å². The van der Waals surface area contributed by atoms with E-state index in [1.807, 2.05) is 6.07 Å². The molecular formula is C75H43N17O13S5. The molecule has 0 radical (unpaired) electrons. The first-order valence-electron chi connectivity index (χ1n) is 31.7. The van der Waals surface area contributed by atoms with Crippen LogP contribution in [-0.2, 0) is 0 Å². The summed E-state index contributed by atoms with van der Waals surface area (Å²) in [6.45, 7) is 0. The molecule has 0 spiro atoms. The average Bonchev–Trinajstić information content (AvgIpc) is 1.67. The first kappa shape index (κ1) is 73.3. The number of pyridine rings is 4. The Labute approximate surface area is 638 Å². The standard InChI is InChI=1S/C21H12N4O3S.C19H10N6O3S.C18H11N3O4S.C17H10N4O3S2/c22-12-13-6-8-14(9-7-13)20(27)25-21-24-17(16-5-3-11-28-16)19(29-21)18(26)15-4-1-2-10-23-15;20-8-14-22-9-11(10-23-14)18(27)25-19-24-15(13-5-3-7-28-13)17(29-19)16(26)12-4-1-2-6-21-12;22-15(11-5-1-2-8-19-11)16-14(12-6-3-9-24-12)20-18(26-16)21-17(23)13-7-4-10-25-13;22-13(16-19-7-9-25-16)14-12(11-2-1-8-24-11)20-17(26-14)21-15(23)10-3-5-18-6-4-10/h1-11H,(H,24,25,27);1-7,9-10H,(H,24,25,27);1-10H,(H,20,21,23);1-9H,(H,20,21,23). The van der Waals surface area contributed by atoms with Crippen LogP contribution in [0.5, 0.6) is 0 Å². The van der Waals surface area contributed by atoms with Crippen LogP contribution in [0.1, 0.15) is 114 Å². The van der Waals surface area contributed by atoms with Crippen molar-refractivity contribution in [3.05, 3.63) is 313 Å². The number of carbonyl (C=O) groups excluding carboxylic acids is 8. The number of hydrogen-bond donors (Lipinski definition) is 4. The van der Waals surface area contributed by atoms with E-state index >= 15 is 0 Å². The van der Waals surface area contributed by atoms with E-state index in [1.54, 1.807) is 169 Å². The number of nitriles is 2. The summed E-state index contributed by atoms with van der Waals surface area (Å²) in [6.07, 6.45) is 19.1. The molecule has 0 saturated heterocycles. The predicted octanol–water partition coefficient (Wildman–Crippen LogP) is 14.7. The van der Waals surface area contributed by atoms with E-state index in [4.69, 9.17) is 32.6 Å². The Kier molecular flexibility index (Phi) is 23.1. The number of ketones is 4. The number of nitrogens with zero attached hydrogens (tertiary/aromatic N) is 13. The van der Waals surface area contributed by atoms with Crippen molar-refractivity contribution in [1.82, 2.24) is 54.8 Å². The molecule has 110 heavy (non-hydrogen) atoms. The third-order valence-corrected chi connectivity index (χ3v) is 19.2. The van der Waals surface area contributed by atoms with E-state index in [0.29, 0.717) is 87.3 Å². The number of carbonyl (C=O) groups is 8. The van der Waals surface area contributed by atoms with Gasteiger partial charge in [0, 0.05) is 66.1 Å². The van der Waals surface area contributed by atoms with E-state index in [-0.39, 0.29) is 83.5 Å². The maximum atomic E-state index is 12.9. The Morgan fingerprint density at radius 2 is 0.727 bits per heavy atom. The van der Waals surface area contributed by atoms with E-state index in [2.05, 4.69) is 76.1 Å². The van der Waals surface area contributed by atoms with Crippen LogP contribution in [0.4, 0.5) is 20.5 Å². The summed E-state index contributed by atoms with van der Waals surface area (Å²) in [5.74, 6) is -1.11. The van der Waals surface area contributed by atoms with Gasteiger partial charge in [-0.1, -0.05) is 63.5 Å². The van der Waals surface area contributed by atoms with Gasteiger partial charge in [0.1, 0.15) is 65.4 Å². The van der Waals surface area contributed by atoms with E-state index in [1.165, 1.54) is 85.9 Å². The average molecular weight is 1550 g/mol. The Bertz CT molecular complexity index is 5770. The molecule has 1 aromatic carbocycles. The molecule has 4 N–H and O–H groups in total. The second-order valence-corrected chi connectivity index (χ2v) is 26.5. The second kappa shape index (κ2) is 34.7. The number of thiazole rings is 5. The summed E-state index contributed by atoms with van der Waals surface area (Å²) < 4.78 is 26.6. The minimum Gasteiger partial charge on any atom is -0.463 e. The lowest BCUT2D eigenvalue weighted by Gasteiger charge is -2.01. The van der Waals surface area contributed by atoms with Crippen LogP contribution in [0, 0.1) is 22.7 Å². The number of anilines is 4. The summed E-state index contributed by atoms with van der Waals surface area (Å²) in [4.78, 5) is 147. The molecule has 16 aromatic rings. The van der Waals surface area contributed by atoms with Crippen LogP contribution in [-0.4, -0.2) is 102 Å². The predicted molar refractivity (Wildman–Crippen MR) is 400 cm³/mol. The number of hydrogen-bond acceptors (Lipinski definition) is 31. The SMILES string of the molecule is N#Cc1ccc(C(=O)Nc2nc(-c3ccco3)c(C(=O)c3ccccn3)s2)cc1.N#Cc1ncc(C(=O)Nc2nc(-c3ccco3)c(C(=O)c3ccccn3)s2)cn1.O=C(Nc1nc(-c2ccco2)c(C(=O)c2ccccn2)s1)c1ccco1.O=C(Nc1nc(-c2ccco2)c(C(=O)c2nccs2)s1)c1ccncc1. The van der Waals surface area contributed by atoms with Gasteiger partial charge in [-0.15, -0.1) is 11.3 Å². The molecule has 0 atom stereocenters. The largest absolute Gasteiger partial charge is 0.463 e. The number of benzene rings is 1. The molecule has 16 rings (SSSR count). The maximum absolute atomic E-state index is 12.9. The van der Waals surface area contributed by atoms with Gasteiger partial charge in [0.15, 0.2) is 54.3 Å². The number of nitrogens with one attached hydrogen (secondary N) is 4. The van der Waals surface area contributed by atoms with Crippen LogP contribution < -0.4 is 21.3 Å². The molecule has 4 amide bonds. The second-order valence-electron chi connectivity index (χ2n) is 21.6. The Balaban J connectivity index is 0.000000129. The number of furan rings is 5. The lowest BCUT2D eigenvalue weighted by molar-refractivity contribution is 0.0991. The molecule has 30 nitrogen and oxygen atoms in total. The van der Waals surface area contributed by atoms with Crippen LogP contribution in [0.2, 0.25) is 0 Å². The normalized spacial score (nSPS) is 10.5. The van der Waals surface area contributed by atoms with E-state index < -0.39 is 17.7 Å². The van der Waals surface area contributed by atoms with Crippen molar-refractivity contribution in [2.24, 2.45) is 0 Å². The smallest absolute Gasteiger partial charge is 0.293 e. The van der Waals surface area contributed by atoms with Gasteiger partial charge >= 0.3 is 0 Å². The third-order valence-electron chi connectivity index (χ3n) is 14.5. The third kappa shape index (κ3) is 17.7. The molecule has 15 heterocycles. The summed E-state index contributed by atoms with van der Waals surface area (Å²) in [7, 11) is 0. The molecular weight excluding hydrogens is 1510 g/mol. The van der Waals surface area contributed by atoms with Crippen LogP contribution in [0.15, 0.2) is 260 Å². The fraction of sp³-hybridized carbons (Fsp3) is 0. The highest BCUT2D eigenvalue weighted by atomic mass is 32.1. The molecule has 0 unspecified atom stereocenters. The summed E-state index contributed by atoms with van der Waals surface area (Å²) >= 11 is 5.43. The molecule has 0 aliphatic carbocycles. The maximum Gasteiger partial charge on any atom is 0.293 e. The summed E-state index contributed by atoms with van der Waals surface area (Å²) in [6, 6.07) is 45.0. The monoisotopic (exact) mass is 1550 g/mol. The Hall–Kier alpha value is -15.0. The first-order chi connectivity index (χ1) is 53.7. The zero-order valence-electron chi connectivity index (χ0n) is 55.7. The molecule has 35 heteroatoms. The molecule has 15 aromatic heterocycles. The minimum absolute atomic E-state index is 0.0425. The van der Waals surface area contributed by atoms with Gasteiger partial charge in [-0.25, -0.2) is 34.9 Å². The zero-order valence-corrected chi connectivity index (χ0v) is 59.8. The van der Waals surface area contributed by atoms with Crippen molar-refractivity contribution in [2.45, 2.75) is 0 Å². The highest BCUT2D eigenvalue weighted by molar-refractivity contribution is 7.20. The quantitative estimate of drug-likeness (QED) is 0.0515. The van der Waals surface area contributed by atoms with Gasteiger partial charge in [0.25, 0.3) is 23.6 Å². The van der Waals surface area contributed by atoms with Crippen LogP contribution >= 0.6 is 56.7 Å². The molecule has 0 aliphatic rings. The van der Waals surface area contributed by atoms with Crippen molar-refractivity contribution in [2.75, 3.05) is 21.3 Å². The topological polar surface area (TPSA) is 440 Å². The van der Waals surface area contributed by atoms with E-state index in [9.17, 15) is 38.4 Å². The molecule has 0 saturated carbocycles. The van der Waals surface area contributed by atoms with Crippen molar-refractivity contribution >= 4 is 124 Å². The highest BCUT2D eigenvalue weighted by Gasteiger charge is 2.29. The molecule has 0 bridgehead atoms. The van der Waals surface area contributed by atoms with Gasteiger partial charge in [-0.2, -0.15) is 10.5 Å². The van der Waals surface area contributed by atoms with Gasteiger partial charge in [0.2, 0.25) is 29.0 Å². The van der Waals surface area contributed by atoms with Gasteiger partial charge in [0.05, 0.1) is 48.5 Å². The molecule has 0 fully saturated rings. The molecule has 536 valence electrons. The number of amides is 4. The number of rotatable bonds is 20. The Morgan fingerprint density at radius 1 is 0.345 bits per heavy atom. The van der Waals surface area contributed by atoms with Gasteiger partial charge in [-0.05, 0) is 133 Å². The fourth-order valence-corrected chi connectivity index (χ4v) is 13.8. The first-order valence-corrected chi connectivity index (χ1v) is 35.8. The summed E-state index contributed by atoms with van der Waals surface area (Å²) in [5, 5.41) is 31.4.